The van der Waals surface area contributed by atoms with Crippen LogP contribution >= 0.6 is 46.4 Å². The zero-order valence-corrected chi connectivity index (χ0v) is 39.7. The first-order chi connectivity index (χ1) is 32.8. The number of nitrogens with one attached hydrogen (secondary N) is 4. The Labute approximate surface area is 414 Å². The second-order valence-electron chi connectivity index (χ2n) is 14.9. The zero-order chi connectivity index (χ0) is 51.8. The van der Waals surface area contributed by atoms with Crippen molar-refractivity contribution in [2.45, 2.75) is 65.0 Å². The van der Waals surface area contributed by atoms with Crippen LogP contribution in [0.1, 0.15) is 70.7 Å². The largest absolute Gasteiger partial charge is 0.416 e. The molecule has 0 aliphatic heterocycles. The smallest absolute Gasteiger partial charge is 0.323 e. The maximum atomic E-state index is 13.6. The number of halogens is 10. The van der Waals surface area contributed by atoms with E-state index in [4.69, 9.17) is 46.4 Å². The van der Waals surface area contributed by atoms with Crippen LogP contribution in [-0.4, -0.2) is 47.3 Å². The number of azo groups is 2. The van der Waals surface area contributed by atoms with Crippen LogP contribution in [0.3, 0.4) is 0 Å². The molecule has 0 bridgehead atoms. The second-order valence-corrected chi connectivity index (χ2v) is 16.5. The molecule has 366 valence electrons. The second kappa shape index (κ2) is 22.8. The molecular formula is C46H36Cl4F6N8O6. The molecule has 0 heterocycles. The van der Waals surface area contributed by atoms with Gasteiger partial charge in [-0.3, -0.25) is 28.8 Å². The fraction of sp³-hybridized carbons (Fsp3) is 0.217. The summed E-state index contributed by atoms with van der Waals surface area (Å²) < 4.78 is 79.7. The molecule has 4 amide bonds. The van der Waals surface area contributed by atoms with Gasteiger partial charge in [0.2, 0.25) is 12.1 Å². The number of carbonyl (C=O) groups excluding carboxylic acids is 6. The highest BCUT2D eigenvalue weighted by Gasteiger charge is 2.33. The Morgan fingerprint density at radius 1 is 0.486 bits per heavy atom. The summed E-state index contributed by atoms with van der Waals surface area (Å²) in [5, 5.41) is 25.1. The van der Waals surface area contributed by atoms with Crippen molar-refractivity contribution in [3.63, 3.8) is 0 Å². The van der Waals surface area contributed by atoms with Crippen molar-refractivity contribution in [1.82, 2.24) is 0 Å². The third kappa shape index (κ3) is 13.5. The van der Waals surface area contributed by atoms with Crippen molar-refractivity contribution >= 4 is 116 Å². The van der Waals surface area contributed by atoms with Gasteiger partial charge in [0.25, 0.3) is 23.6 Å². The number of amides is 4. The molecular weight excluding hydrogens is 1020 g/mol. The SMILES string of the molecule is CCc1c(NC(=O)C(N=Nc2cc(C(=O)Nc3cc(C(F)(F)F)ccc3Cl)ccc2Cl)C(C)=O)ccc(NC(=O)C(N=Nc2cc(C(=O)Nc3cc(C(F)(F)F)ccc3Cl)ccc2Cl)C(C)=O)c1CC. The fourth-order valence-electron chi connectivity index (χ4n) is 6.46. The molecule has 2 atom stereocenters. The zero-order valence-electron chi connectivity index (χ0n) is 36.7. The highest BCUT2D eigenvalue weighted by Crippen LogP contribution is 2.37. The summed E-state index contributed by atoms with van der Waals surface area (Å²) in [7, 11) is 0. The molecule has 0 aliphatic rings. The van der Waals surface area contributed by atoms with Gasteiger partial charge in [-0.15, -0.1) is 0 Å². The minimum Gasteiger partial charge on any atom is -0.323 e. The van der Waals surface area contributed by atoms with Crippen molar-refractivity contribution < 1.29 is 55.1 Å². The number of hydrogen-bond donors (Lipinski definition) is 4. The summed E-state index contributed by atoms with van der Waals surface area (Å²) in [6, 6.07) is 11.4. The monoisotopic (exact) mass is 1050 g/mol. The average Bonchev–Trinajstić information content (AvgIpc) is 3.28. The first kappa shape index (κ1) is 54.2. The van der Waals surface area contributed by atoms with Crippen molar-refractivity contribution in [3.8, 4) is 0 Å². The highest BCUT2D eigenvalue weighted by atomic mass is 35.5. The van der Waals surface area contributed by atoms with Crippen LogP contribution in [-0.2, 0) is 44.4 Å². The number of hydrogen-bond acceptors (Lipinski definition) is 10. The van der Waals surface area contributed by atoms with Gasteiger partial charge < -0.3 is 21.3 Å². The molecule has 0 aromatic heterocycles. The molecule has 0 radical (unpaired) electrons. The van der Waals surface area contributed by atoms with Gasteiger partial charge in [-0.05, 0) is 123 Å². The molecule has 5 aromatic rings. The lowest BCUT2D eigenvalue weighted by Gasteiger charge is -2.20. The number of carbonyl (C=O) groups is 6. The third-order valence-corrected chi connectivity index (χ3v) is 11.3. The fourth-order valence-corrected chi connectivity index (χ4v) is 7.10. The van der Waals surface area contributed by atoms with Gasteiger partial charge in [-0.1, -0.05) is 60.3 Å². The van der Waals surface area contributed by atoms with E-state index in [-0.39, 0.29) is 78.2 Å². The lowest BCUT2D eigenvalue weighted by Crippen LogP contribution is -2.33. The Balaban J connectivity index is 1.32. The Morgan fingerprint density at radius 2 is 0.829 bits per heavy atom. The van der Waals surface area contributed by atoms with Crippen LogP contribution in [0.5, 0.6) is 0 Å². The predicted molar refractivity (Wildman–Crippen MR) is 252 cm³/mol. The van der Waals surface area contributed by atoms with E-state index < -0.39 is 70.8 Å². The van der Waals surface area contributed by atoms with Gasteiger partial charge in [-0.25, -0.2) is 0 Å². The topological polar surface area (TPSA) is 200 Å². The minimum absolute atomic E-state index is 0.0595. The molecule has 70 heavy (non-hydrogen) atoms. The van der Waals surface area contributed by atoms with E-state index in [1.165, 1.54) is 36.4 Å². The molecule has 0 fully saturated rings. The maximum Gasteiger partial charge on any atom is 0.416 e. The van der Waals surface area contributed by atoms with Gasteiger partial charge in [0.15, 0.2) is 11.6 Å². The van der Waals surface area contributed by atoms with Crippen molar-refractivity contribution in [2.24, 2.45) is 20.5 Å². The molecule has 24 heteroatoms. The van der Waals surface area contributed by atoms with Crippen LogP contribution < -0.4 is 21.3 Å². The van der Waals surface area contributed by atoms with Crippen LogP contribution in [0.25, 0.3) is 0 Å². The molecule has 14 nitrogen and oxygen atoms in total. The van der Waals surface area contributed by atoms with E-state index in [1.807, 2.05) is 0 Å². The minimum atomic E-state index is -4.71. The molecule has 0 aliphatic carbocycles. The Bertz CT molecular complexity index is 2770. The summed E-state index contributed by atoms with van der Waals surface area (Å²) in [5.41, 5.74) is -1.87. The highest BCUT2D eigenvalue weighted by molar-refractivity contribution is 6.35. The predicted octanol–water partition coefficient (Wildman–Crippen LogP) is 13.3. The van der Waals surface area contributed by atoms with Crippen molar-refractivity contribution in [1.29, 1.82) is 0 Å². The molecule has 2 unspecified atom stereocenters. The van der Waals surface area contributed by atoms with Gasteiger partial charge in [0.05, 0.1) is 42.6 Å². The molecule has 0 saturated heterocycles. The number of Topliss-reactive ketones (excluding diaryl/α,β-unsaturated/α-hetero) is 2. The van der Waals surface area contributed by atoms with Gasteiger partial charge in [0.1, 0.15) is 11.4 Å². The van der Waals surface area contributed by atoms with E-state index in [1.54, 1.807) is 13.8 Å². The van der Waals surface area contributed by atoms with Crippen molar-refractivity contribution in [3.05, 3.63) is 138 Å². The lowest BCUT2D eigenvalue weighted by atomic mass is 9.98. The van der Waals surface area contributed by atoms with E-state index in [0.29, 0.717) is 23.3 Å². The maximum absolute atomic E-state index is 13.6. The van der Waals surface area contributed by atoms with Crippen LogP contribution in [0.2, 0.25) is 20.1 Å². The molecule has 5 aromatic carbocycles. The Kier molecular flexibility index (Phi) is 17.6. The number of anilines is 4. The van der Waals surface area contributed by atoms with Gasteiger partial charge in [0, 0.05) is 22.5 Å². The summed E-state index contributed by atoms with van der Waals surface area (Å²) in [6.45, 7) is 5.66. The van der Waals surface area contributed by atoms with Crippen LogP contribution in [0, 0.1) is 0 Å². The molecule has 4 N–H and O–H groups in total. The summed E-state index contributed by atoms with van der Waals surface area (Å²) in [6.07, 6.45) is -8.86. The standard InChI is InChI=1S/C46H36Cl4F6N8O6/c1-5-27-28(6-2)34(58-44(70)40(22(4)66)64-62-38-18-24(8-12-32(38)50)42(68)60-36-20-26(46(54,55)56)10-14-30(36)48)16-15-33(27)57-43(69)39(21(3)65)63-61-37-17-23(7-11-31(37)49)41(67)59-35-19-25(45(51,52)53)9-13-29(35)47/h7-20,39-40H,5-6H2,1-4H3,(H,57,69)(H,58,70)(H,59,67)(H,60,68). The average molecular weight is 1050 g/mol. The van der Waals surface area contributed by atoms with Gasteiger partial charge >= 0.3 is 12.4 Å². The molecule has 0 saturated carbocycles. The number of rotatable bonds is 16. The van der Waals surface area contributed by atoms with E-state index in [2.05, 4.69) is 41.7 Å². The molecule has 5 rings (SSSR count). The van der Waals surface area contributed by atoms with E-state index in [0.717, 1.165) is 50.2 Å². The third-order valence-electron chi connectivity index (χ3n) is 9.98. The Hall–Kier alpha value is -6.74. The first-order valence-electron chi connectivity index (χ1n) is 20.4. The number of nitrogens with zero attached hydrogens (tertiary/aromatic N) is 4. The van der Waals surface area contributed by atoms with Crippen LogP contribution in [0.15, 0.2) is 105 Å². The number of benzene rings is 5. The van der Waals surface area contributed by atoms with E-state index >= 15 is 0 Å². The van der Waals surface area contributed by atoms with Gasteiger partial charge in [-0.2, -0.15) is 46.8 Å². The Morgan fingerprint density at radius 3 is 1.14 bits per heavy atom. The summed E-state index contributed by atoms with van der Waals surface area (Å²) >= 11 is 24.6. The quantitative estimate of drug-likeness (QED) is 0.0430. The summed E-state index contributed by atoms with van der Waals surface area (Å²) in [4.78, 5) is 78.7. The first-order valence-corrected chi connectivity index (χ1v) is 21.9. The summed E-state index contributed by atoms with van der Waals surface area (Å²) in [5.74, 6) is -5.12. The van der Waals surface area contributed by atoms with E-state index in [9.17, 15) is 55.1 Å². The lowest BCUT2D eigenvalue weighted by molar-refractivity contribution is -0.138. The number of ketones is 2. The normalized spacial score (nSPS) is 12.7. The van der Waals surface area contributed by atoms with Crippen molar-refractivity contribution in [2.75, 3.05) is 21.3 Å². The number of alkyl halides is 6. The van der Waals surface area contributed by atoms with Crippen LogP contribution in [0.4, 0.5) is 60.5 Å². The molecule has 0 spiro atoms.